The molecule has 4 rings (SSSR count). The topological polar surface area (TPSA) is 58.6 Å². The van der Waals surface area contributed by atoms with Gasteiger partial charge in [-0.2, -0.15) is 11.8 Å². The fourth-order valence-corrected chi connectivity index (χ4v) is 4.99. The molecule has 1 aliphatic rings. The van der Waals surface area contributed by atoms with Gasteiger partial charge in [-0.25, -0.2) is 4.39 Å². The number of amides is 2. The molecule has 1 heterocycles. The van der Waals surface area contributed by atoms with Crippen LogP contribution in [0.1, 0.15) is 47.7 Å². The molecule has 0 atom stereocenters. The summed E-state index contributed by atoms with van der Waals surface area (Å²) in [5.41, 5.74) is 2.61. The van der Waals surface area contributed by atoms with Crippen LogP contribution in [0.4, 0.5) is 10.1 Å². The van der Waals surface area contributed by atoms with Crippen LogP contribution < -0.4 is 15.0 Å². The van der Waals surface area contributed by atoms with Crippen LogP contribution in [-0.2, 0) is 11.3 Å². The Morgan fingerprint density at radius 3 is 2.59 bits per heavy atom. The Kier molecular flexibility index (Phi) is 9.38. The predicted molar refractivity (Wildman–Crippen MR) is 148 cm³/mol. The predicted octanol–water partition coefficient (Wildman–Crippen LogP) is 6.45. The van der Waals surface area contributed by atoms with Gasteiger partial charge in [0.25, 0.3) is 11.8 Å². The van der Waals surface area contributed by atoms with Crippen LogP contribution in [0.3, 0.4) is 0 Å². The van der Waals surface area contributed by atoms with E-state index in [0.29, 0.717) is 29.1 Å². The minimum Gasteiger partial charge on any atom is -0.449 e. The second-order valence-corrected chi connectivity index (χ2v) is 10.0. The van der Waals surface area contributed by atoms with Gasteiger partial charge < -0.3 is 10.1 Å². The summed E-state index contributed by atoms with van der Waals surface area (Å²) >= 11 is 1.92. The molecule has 0 aliphatic carbocycles. The molecule has 5 nitrogen and oxygen atoms in total. The van der Waals surface area contributed by atoms with E-state index < -0.39 is 0 Å². The lowest BCUT2D eigenvalue weighted by molar-refractivity contribution is -0.117. The second-order valence-electron chi connectivity index (χ2n) is 8.80. The van der Waals surface area contributed by atoms with Crippen molar-refractivity contribution >= 4 is 35.3 Å². The maximum absolute atomic E-state index is 13.7. The van der Waals surface area contributed by atoms with Crippen molar-refractivity contribution in [3.63, 3.8) is 0 Å². The zero-order valence-corrected chi connectivity index (χ0v) is 21.7. The third-order valence-electron chi connectivity index (χ3n) is 5.93. The molecule has 0 saturated carbocycles. The molecule has 1 N–H and O–H groups in total. The monoisotopic (exact) mass is 518 g/mol. The van der Waals surface area contributed by atoms with Crippen LogP contribution in [0.2, 0.25) is 0 Å². The van der Waals surface area contributed by atoms with E-state index in [-0.39, 0.29) is 29.9 Å². The number of anilines is 1. The number of ether oxygens (including phenoxy) is 1. The Hall–Kier alpha value is -3.58. The molecule has 0 spiro atoms. The number of unbranched alkanes of at least 4 members (excludes halogenated alkanes) is 1. The van der Waals surface area contributed by atoms with Gasteiger partial charge in [0.15, 0.2) is 11.5 Å². The summed E-state index contributed by atoms with van der Waals surface area (Å²) in [5.74, 6) is 2.14. The van der Waals surface area contributed by atoms with Gasteiger partial charge >= 0.3 is 0 Å². The number of thioether (sulfide) groups is 1. The number of para-hydroxylation sites is 2. The normalized spacial score (nSPS) is 13.8. The van der Waals surface area contributed by atoms with Crippen molar-refractivity contribution < 1.29 is 18.7 Å². The summed E-state index contributed by atoms with van der Waals surface area (Å²) in [5, 5.41) is 2.96. The number of carbonyl (C=O) groups excluding carboxylic acids is 2. The minimum atomic E-state index is -0.350. The van der Waals surface area contributed by atoms with Gasteiger partial charge in [-0.05, 0) is 77.9 Å². The number of fused-ring (bicyclic) bond motifs is 1. The van der Waals surface area contributed by atoms with Crippen molar-refractivity contribution in [3.8, 4) is 5.75 Å². The third-order valence-corrected chi connectivity index (χ3v) is 7.08. The highest BCUT2D eigenvalue weighted by Gasteiger charge is 2.30. The molecular weight excluding hydrogens is 487 g/mol. The molecule has 0 radical (unpaired) electrons. The van der Waals surface area contributed by atoms with E-state index in [9.17, 15) is 14.0 Å². The number of rotatable bonds is 11. The van der Waals surface area contributed by atoms with Crippen LogP contribution in [0.5, 0.6) is 5.75 Å². The zero-order valence-electron chi connectivity index (χ0n) is 20.9. The summed E-state index contributed by atoms with van der Waals surface area (Å²) < 4.78 is 19.7. The van der Waals surface area contributed by atoms with E-state index >= 15 is 0 Å². The summed E-state index contributed by atoms with van der Waals surface area (Å²) in [6, 6.07) is 20.5. The van der Waals surface area contributed by atoms with Gasteiger partial charge in [-0.1, -0.05) is 49.7 Å². The Balaban J connectivity index is 1.42. The maximum atomic E-state index is 13.7. The molecule has 3 aromatic rings. The summed E-state index contributed by atoms with van der Waals surface area (Å²) in [7, 11) is 0. The van der Waals surface area contributed by atoms with Gasteiger partial charge in [-0.3, -0.25) is 14.5 Å². The Labute approximate surface area is 221 Å². The number of carbonyl (C=O) groups is 2. The second kappa shape index (κ2) is 13.1. The zero-order chi connectivity index (χ0) is 26.0. The van der Waals surface area contributed by atoms with E-state index in [1.54, 1.807) is 59.5 Å². The number of halogens is 1. The molecule has 2 amide bonds. The van der Waals surface area contributed by atoms with E-state index in [1.807, 2.05) is 23.9 Å². The first-order chi connectivity index (χ1) is 18.0. The van der Waals surface area contributed by atoms with Gasteiger partial charge in [-0.15, -0.1) is 0 Å². The smallest absolute Gasteiger partial charge is 0.294 e. The average molecular weight is 519 g/mol. The molecule has 0 aromatic heterocycles. The summed E-state index contributed by atoms with van der Waals surface area (Å²) in [4.78, 5) is 27.4. The van der Waals surface area contributed by atoms with E-state index in [4.69, 9.17) is 4.74 Å². The Morgan fingerprint density at radius 1 is 1.03 bits per heavy atom. The number of nitrogens with zero attached hydrogens (tertiary/aromatic N) is 1. The van der Waals surface area contributed by atoms with Gasteiger partial charge in [0.2, 0.25) is 0 Å². The van der Waals surface area contributed by atoms with Gasteiger partial charge in [0.05, 0.1) is 12.2 Å². The van der Waals surface area contributed by atoms with Crippen molar-refractivity contribution in [2.75, 3.05) is 23.0 Å². The highest BCUT2D eigenvalue weighted by Crippen LogP contribution is 2.36. The highest BCUT2D eigenvalue weighted by atomic mass is 32.2. The molecule has 7 heteroatoms. The number of nitrogens with one attached hydrogen (secondary N) is 1. The van der Waals surface area contributed by atoms with Crippen LogP contribution in [-0.4, -0.2) is 29.9 Å². The lowest BCUT2D eigenvalue weighted by Crippen LogP contribution is -2.36. The molecule has 0 fully saturated rings. The fraction of sp³-hybridized carbons (Fsp3) is 0.267. The van der Waals surface area contributed by atoms with E-state index in [2.05, 4.69) is 12.2 Å². The van der Waals surface area contributed by atoms with E-state index in [1.165, 1.54) is 30.7 Å². The summed E-state index contributed by atoms with van der Waals surface area (Å²) in [6.07, 6.45) is 5.04. The molecule has 0 unspecified atom stereocenters. The fourth-order valence-electron chi connectivity index (χ4n) is 3.95. The molecule has 192 valence electrons. The maximum Gasteiger partial charge on any atom is 0.294 e. The van der Waals surface area contributed by atoms with Gasteiger partial charge in [0, 0.05) is 12.1 Å². The summed E-state index contributed by atoms with van der Waals surface area (Å²) in [6.45, 7) is 3.04. The van der Waals surface area contributed by atoms with Crippen molar-refractivity contribution in [2.24, 2.45) is 0 Å². The van der Waals surface area contributed by atoms with Crippen LogP contribution >= 0.6 is 11.8 Å². The van der Waals surface area contributed by atoms with Crippen molar-refractivity contribution in [1.82, 2.24) is 5.32 Å². The molecule has 1 aliphatic heterocycles. The first kappa shape index (κ1) is 26.5. The largest absolute Gasteiger partial charge is 0.449 e. The average Bonchev–Trinajstić information content (AvgIpc) is 2.91. The van der Waals surface area contributed by atoms with Gasteiger partial charge in [0.1, 0.15) is 5.82 Å². The molecule has 0 saturated heterocycles. The highest BCUT2D eigenvalue weighted by molar-refractivity contribution is 7.99. The number of hydrogen-bond acceptors (Lipinski definition) is 4. The molecule has 3 aromatic carbocycles. The van der Waals surface area contributed by atoms with E-state index in [0.717, 1.165) is 17.7 Å². The van der Waals surface area contributed by atoms with Crippen molar-refractivity contribution in [1.29, 1.82) is 0 Å². The first-order valence-electron chi connectivity index (χ1n) is 12.6. The lowest BCUT2D eigenvalue weighted by Gasteiger charge is -2.30. The Bertz CT molecular complexity index is 1260. The minimum absolute atomic E-state index is 0.113. The SMILES string of the molecule is CCCCSCCCNC(=O)c1ccc(/C=C2\Oc3ccccc3N(Cc3cccc(F)c3)C2=O)cc1. The first-order valence-corrected chi connectivity index (χ1v) is 13.7. The van der Waals surface area contributed by atoms with Crippen molar-refractivity contribution in [2.45, 2.75) is 32.7 Å². The number of hydrogen-bond donors (Lipinski definition) is 1. The Morgan fingerprint density at radius 2 is 1.81 bits per heavy atom. The van der Waals surface area contributed by atoms with Crippen LogP contribution in [0, 0.1) is 5.82 Å². The molecule has 37 heavy (non-hydrogen) atoms. The van der Waals surface area contributed by atoms with Crippen LogP contribution in [0.25, 0.3) is 6.08 Å². The quantitative estimate of drug-likeness (QED) is 0.234. The van der Waals surface area contributed by atoms with Crippen LogP contribution in [0.15, 0.2) is 78.6 Å². The lowest BCUT2D eigenvalue weighted by atomic mass is 10.1. The molecule has 0 bridgehead atoms. The third kappa shape index (κ3) is 7.23. The van der Waals surface area contributed by atoms with Crippen molar-refractivity contribution in [3.05, 3.63) is 101 Å². The molecular formula is C30H31FN2O3S. The number of benzene rings is 3. The standard InChI is InChI=1S/C30H31FN2O3S/c1-2-3-17-37-18-7-16-32-29(34)24-14-12-22(13-15-24)20-28-30(35)33(21-23-8-6-9-25(31)19-23)26-10-4-5-11-27(26)36-28/h4-6,8-15,19-20H,2-3,7,16-18,21H2,1H3,(H,32,34)/b28-20-.